The molecular weight excluding hydrogens is 292 g/mol. The minimum absolute atomic E-state index is 0.302. The molecular formula is C18H16N2O3. The zero-order valence-corrected chi connectivity index (χ0v) is 12.9. The van der Waals surface area contributed by atoms with Crippen LogP contribution in [0.2, 0.25) is 0 Å². The molecule has 0 aliphatic heterocycles. The SMILES string of the molecule is COC(=O)Nn1c(-c2ccc(C)cc2)cc2ccccc2c1=O. The van der Waals surface area contributed by atoms with Gasteiger partial charge in [0.1, 0.15) is 0 Å². The summed E-state index contributed by atoms with van der Waals surface area (Å²) in [6.07, 6.45) is -0.698. The Kier molecular flexibility index (Phi) is 3.85. The molecule has 5 nitrogen and oxygen atoms in total. The number of ether oxygens (including phenoxy) is 1. The Morgan fingerprint density at radius 2 is 1.78 bits per heavy atom. The number of nitrogens with one attached hydrogen (secondary N) is 1. The lowest BCUT2D eigenvalue weighted by Gasteiger charge is -2.15. The number of amides is 1. The molecule has 0 fully saturated rings. The average Bonchev–Trinajstić information content (AvgIpc) is 2.58. The number of benzene rings is 2. The minimum atomic E-state index is -0.698. The molecule has 0 unspecified atom stereocenters. The van der Waals surface area contributed by atoms with Crippen molar-refractivity contribution in [3.63, 3.8) is 0 Å². The van der Waals surface area contributed by atoms with Gasteiger partial charge in [0.15, 0.2) is 0 Å². The maximum Gasteiger partial charge on any atom is 0.426 e. The number of hydrogen-bond donors (Lipinski definition) is 1. The summed E-state index contributed by atoms with van der Waals surface area (Å²) < 4.78 is 5.84. The van der Waals surface area contributed by atoms with Crippen molar-refractivity contribution in [2.75, 3.05) is 12.5 Å². The Morgan fingerprint density at radius 1 is 1.09 bits per heavy atom. The number of pyridine rings is 1. The highest BCUT2D eigenvalue weighted by Gasteiger charge is 2.13. The average molecular weight is 308 g/mol. The van der Waals surface area contributed by atoms with Gasteiger partial charge in [0, 0.05) is 10.9 Å². The Morgan fingerprint density at radius 3 is 2.48 bits per heavy atom. The van der Waals surface area contributed by atoms with E-state index in [0.717, 1.165) is 16.5 Å². The number of hydrogen-bond acceptors (Lipinski definition) is 3. The fourth-order valence-corrected chi connectivity index (χ4v) is 2.44. The highest BCUT2D eigenvalue weighted by Crippen LogP contribution is 2.22. The van der Waals surface area contributed by atoms with E-state index in [1.807, 2.05) is 49.4 Å². The molecule has 0 spiro atoms. The van der Waals surface area contributed by atoms with Gasteiger partial charge in [0.05, 0.1) is 12.8 Å². The molecule has 23 heavy (non-hydrogen) atoms. The van der Waals surface area contributed by atoms with Crippen LogP contribution in [0.3, 0.4) is 0 Å². The van der Waals surface area contributed by atoms with E-state index >= 15 is 0 Å². The fraction of sp³-hybridized carbons (Fsp3) is 0.111. The van der Waals surface area contributed by atoms with Crippen LogP contribution in [-0.2, 0) is 4.74 Å². The number of methoxy groups -OCH3 is 1. The molecule has 2 aromatic carbocycles. The number of carbonyl (C=O) groups excluding carboxylic acids is 1. The second-order valence-corrected chi connectivity index (χ2v) is 5.23. The van der Waals surface area contributed by atoms with E-state index < -0.39 is 6.09 Å². The largest absolute Gasteiger partial charge is 0.452 e. The summed E-state index contributed by atoms with van der Waals surface area (Å²) in [6, 6.07) is 16.9. The zero-order valence-electron chi connectivity index (χ0n) is 12.9. The first-order valence-electron chi connectivity index (χ1n) is 7.17. The Bertz CT molecular complexity index is 927. The summed E-state index contributed by atoms with van der Waals surface area (Å²) in [4.78, 5) is 24.3. The molecule has 1 N–H and O–H groups in total. The molecule has 3 aromatic rings. The van der Waals surface area contributed by atoms with Gasteiger partial charge in [-0.1, -0.05) is 48.0 Å². The van der Waals surface area contributed by atoms with Crippen molar-refractivity contribution in [2.45, 2.75) is 6.92 Å². The molecule has 1 heterocycles. The number of carbonyl (C=O) groups is 1. The maximum atomic E-state index is 12.7. The molecule has 1 aromatic heterocycles. The van der Waals surface area contributed by atoms with Crippen LogP contribution < -0.4 is 11.0 Å². The summed E-state index contributed by atoms with van der Waals surface area (Å²) >= 11 is 0. The lowest BCUT2D eigenvalue weighted by Crippen LogP contribution is -2.34. The van der Waals surface area contributed by atoms with E-state index in [1.54, 1.807) is 12.1 Å². The van der Waals surface area contributed by atoms with Crippen LogP contribution in [0.5, 0.6) is 0 Å². The predicted molar refractivity (Wildman–Crippen MR) is 90.1 cm³/mol. The van der Waals surface area contributed by atoms with Crippen LogP contribution in [-0.4, -0.2) is 17.9 Å². The van der Waals surface area contributed by atoms with Gasteiger partial charge >= 0.3 is 6.09 Å². The van der Waals surface area contributed by atoms with E-state index in [4.69, 9.17) is 0 Å². The van der Waals surface area contributed by atoms with Crippen molar-refractivity contribution >= 4 is 16.9 Å². The lowest BCUT2D eigenvalue weighted by molar-refractivity contribution is 0.183. The third kappa shape index (κ3) is 2.81. The summed E-state index contributed by atoms with van der Waals surface area (Å²) in [5.74, 6) is 0. The number of nitrogens with zero attached hydrogens (tertiary/aromatic N) is 1. The number of aryl methyl sites for hydroxylation is 1. The van der Waals surface area contributed by atoms with Crippen molar-refractivity contribution in [2.24, 2.45) is 0 Å². The Hall–Kier alpha value is -3.08. The maximum absolute atomic E-state index is 12.7. The number of rotatable bonds is 2. The summed E-state index contributed by atoms with van der Waals surface area (Å²) in [5.41, 5.74) is 4.72. The van der Waals surface area contributed by atoms with Crippen LogP contribution in [0, 0.1) is 6.92 Å². The topological polar surface area (TPSA) is 60.3 Å². The molecule has 0 saturated heterocycles. The fourth-order valence-electron chi connectivity index (χ4n) is 2.44. The van der Waals surface area contributed by atoms with Gasteiger partial charge in [-0.3, -0.25) is 4.79 Å². The molecule has 116 valence electrons. The molecule has 0 radical (unpaired) electrons. The van der Waals surface area contributed by atoms with Gasteiger partial charge in [0.2, 0.25) is 0 Å². The molecule has 1 amide bonds. The first-order valence-corrected chi connectivity index (χ1v) is 7.17. The third-order valence-electron chi connectivity index (χ3n) is 3.66. The minimum Gasteiger partial charge on any atom is -0.452 e. The molecule has 0 aliphatic carbocycles. The first kappa shape index (κ1) is 14.8. The van der Waals surface area contributed by atoms with Crippen molar-refractivity contribution in [3.05, 3.63) is 70.5 Å². The van der Waals surface area contributed by atoms with Crippen LogP contribution in [0.1, 0.15) is 5.56 Å². The van der Waals surface area contributed by atoms with Gasteiger partial charge in [0.25, 0.3) is 5.56 Å². The van der Waals surface area contributed by atoms with Crippen LogP contribution in [0.25, 0.3) is 22.0 Å². The second kappa shape index (κ2) is 5.96. The van der Waals surface area contributed by atoms with Crippen LogP contribution in [0.15, 0.2) is 59.4 Å². The van der Waals surface area contributed by atoms with Gasteiger partial charge in [-0.2, -0.15) is 0 Å². The molecule has 0 saturated carbocycles. The zero-order chi connectivity index (χ0) is 16.4. The van der Waals surface area contributed by atoms with E-state index in [0.29, 0.717) is 11.1 Å². The van der Waals surface area contributed by atoms with Crippen molar-refractivity contribution in [3.8, 4) is 11.3 Å². The Labute approximate surface area is 133 Å². The highest BCUT2D eigenvalue weighted by molar-refractivity contribution is 5.87. The molecule has 0 atom stereocenters. The van der Waals surface area contributed by atoms with E-state index in [-0.39, 0.29) is 5.56 Å². The van der Waals surface area contributed by atoms with Gasteiger partial charge in [-0.05, 0) is 24.4 Å². The second-order valence-electron chi connectivity index (χ2n) is 5.23. The van der Waals surface area contributed by atoms with Gasteiger partial charge in [-0.25, -0.2) is 14.9 Å². The van der Waals surface area contributed by atoms with Crippen LogP contribution in [0.4, 0.5) is 4.79 Å². The molecule has 0 bridgehead atoms. The summed E-state index contributed by atoms with van der Waals surface area (Å²) in [7, 11) is 1.26. The normalized spacial score (nSPS) is 10.5. The first-order chi connectivity index (χ1) is 11.1. The molecule has 0 aliphatic rings. The summed E-state index contributed by atoms with van der Waals surface area (Å²) in [5, 5.41) is 1.34. The molecule has 5 heteroatoms. The third-order valence-corrected chi connectivity index (χ3v) is 3.66. The lowest BCUT2D eigenvalue weighted by atomic mass is 10.1. The van der Waals surface area contributed by atoms with Crippen molar-refractivity contribution in [1.29, 1.82) is 0 Å². The number of fused-ring (bicyclic) bond motifs is 1. The molecule has 3 rings (SSSR count). The van der Waals surface area contributed by atoms with Crippen LogP contribution >= 0.6 is 0 Å². The summed E-state index contributed by atoms with van der Waals surface area (Å²) in [6.45, 7) is 1.99. The van der Waals surface area contributed by atoms with Gasteiger partial charge in [-0.15, -0.1) is 0 Å². The highest BCUT2D eigenvalue weighted by atomic mass is 16.5. The standard InChI is InChI=1S/C18H16N2O3/c1-12-7-9-13(10-8-12)16-11-14-5-3-4-6-15(14)17(21)20(16)19-18(22)23-2/h3-11H,1-2H3,(H,19,22). The monoisotopic (exact) mass is 308 g/mol. The van der Waals surface area contributed by atoms with E-state index in [2.05, 4.69) is 10.2 Å². The quantitative estimate of drug-likeness (QED) is 0.790. The van der Waals surface area contributed by atoms with Crippen molar-refractivity contribution in [1.82, 2.24) is 4.68 Å². The van der Waals surface area contributed by atoms with Gasteiger partial charge < -0.3 is 4.74 Å². The van der Waals surface area contributed by atoms with E-state index in [1.165, 1.54) is 11.8 Å². The Balaban J connectivity index is 2.29. The van der Waals surface area contributed by atoms with Crippen molar-refractivity contribution < 1.29 is 9.53 Å². The number of aromatic nitrogens is 1. The van der Waals surface area contributed by atoms with E-state index in [9.17, 15) is 9.59 Å². The smallest absolute Gasteiger partial charge is 0.426 e. The predicted octanol–water partition coefficient (Wildman–Crippen LogP) is 3.29.